The van der Waals surface area contributed by atoms with Gasteiger partial charge in [0.1, 0.15) is 0 Å². The van der Waals surface area contributed by atoms with Gasteiger partial charge in [-0.05, 0) is 45.1 Å². The van der Waals surface area contributed by atoms with Gasteiger partial charge in [0.15, 0.2) is 0 Å². The van der Waals surface area contributed by atoms with Crippen molar-refractivity contribution in [3.05, 3.63) is 29.8 Å². The minimum atomic E-state index is -3.62. The lowest BCUT2D eigenvalue weighted by molar-refractivity contribution is 0.0730. The summed E-state index contributed by atoms with van der Waals surface area (Å²) in [7, 11) is 0.534. The molecule has 0 atom stereocenters. The molecule has 0 radical (unpaired) electrons. The highest BCUT2D eigenvalue weighted by Gasteiger charge is 2.33. The minimum Gasteiger partial charge on any atom is -0.379 e. The van der Waals surface area contributed by atoms with E-state index in [9.17, 15) is 13.2 Å². The smallest absolute Gasteiger partial charge is 0.251 e. The van der Waals surface area contributed by atoms with Crippen LogP contribution in [-0.4, -0.2) is 76.0 Å². The Hall–Kier alpha value is -1.48. The summed E-state index contributed by atoms with van der Waals surface area (Å²) >= 11 is 0. The van der Waals surface area contributed by atoms with Crippen LogP contribution in [0.4, 0.5) is 0 Å². The molecule has 1 aliphatic carbocycles. The van der Waals surface area contributed by atoms with Gasteiger partial charge in [-0.1, -0.05) is 31.7 Å². The summed E-state index contributed by atoms with van der Waals surface area (Å²) in [6.07, 6.45) is 6.94. The van der Waals surface area contributed by atoms with Gasteiger partial charge in [0.25, 0.3) is 5.91 Å². The van der Waals surface area contributed by atoms with Gasteiger partial charge in [0.05, 0.1) is 18.1 Å². The van der Waals surface area contributed by atoms with E-state index in [4.69, 9.17) is 4.74 Å². The van der Waals surface area contributed by atoms with Crippen molar-refractivity contribution in [2.75, 3.05) is 46.9 Å². The third kappa shape index (κ3) is 5.17. The number of hydrogen-bond acceptors (Lipinski definition) is 5. The van der Waals surface area contributed by atoms with Crippen LogP contribution in [-0.2, 0) is 14.8 Å². The van der Waals surface area contributed by atoms with Crippen LogP contribution < -0.4 is 5.32 Å². The number of likely N-dealkylation sites (N-methyl/N-ethyl adjacent to an activating group) is 1. The first kappa shape index (κ1) is 22.2. The molecule has 1 heterocycles. The van der Waals surface area contributed by atoms with Crippen LogP contribution in [0.3, 0.4) is 0 Å². The van der Waals surface area contributed by atoms with E-state index in [2.05, 4.69) is 24.3 Å². The molecule has 162 valence electrons. The molecule has 0 aromatic heterocycles. The number of hydrogen-bond donors (Lipinski definition) is 1. The summed E-state index contributed by atoms with van der Waals surface area (Å²) in [6, 6.07) is 6.34. The van der Waals surface area contributed by atoms with E-state index in [1.807, 2.05) is 0 Å². The molecule has 1 amide bonds. The number of morpholine rings is 1. The second-order valence-electron chi connectivity index (χ2n) is 8.26. The molecule has 1 N–H and O–H groups in total. The van der Waals surface area contributed by atoms with E-state index < -0.39 is 10.0 Å². The van der Waals surface area contributed by atoms with Crippen molar-refractivity contribution in [1.29, 1.82) is 0 Å². The fourth-order valence-electron chi connectivity index (χ4n) is 4.25. The number of ether oxygens (including phenoxy) is 1. The largest absolute Gasteiger partial charge is 0.379 e. The normalized spacial score (nSPS) is 20.9. The second-order valence-corrected chi connectivity index (χ2v) is 10.2. The molecule has 2 aliphatic rings. The number of sulfonamides is 1. The SMILES string of the molecule is CN(C)C1(CNC(=O)c2cccc(S(=O)(=O)N3CCOCC3)c2)CCCCCC1. The molecular weight excluding hydrogens is 390 g/mol. The van der Waals surface area contributed by atoms with E-state index >= 15 is 0 Å². The molecule has 1 aromatic carbocycles. The van der Waals surface area contributed by atoms with Gasteiger partial charge in [-0.2, -0.15) is 4.31 Å². The maximum atomic E-state index is 12.9. The van der Waals surface area contributed by atoms with Crippen LogP contribution in [0.25, 0.3) is 0 Å². The van der Waals surface area contributed by atoms with Crippen molar-refractivity contribution in [3.63, 3.8) is 0 Å². The summed E-state index contributed by atoms with van der Waals surface area (Å²) < 4.78 is 32.4. The highest BCUT2D eigenvalue weighted by Crippen LogP contribution is 2.30. The lowest BCUT2D eigenvalue weighted by atomic mass is 9.88. The predicted octanol–water partition coefficient (Wildman–Crippen LogP) is 2.09. The highest BCUT2D eigenvalue weighted by molar-refractivity contribution is 7.89. The number of amides is 1. The third-order valence-corrected chi connectivity index (χ3v) is 8.16. The van der Waals surface area contributed by atoms with Crippen molar-refractivity contribution in [2.24, 2.45) is 0 Å². The first-order valence-corrected chi connectivity index (χ1v) is 11.9. The highest BCUT2D eigenvalue weighted by atomic mass is 32.2. The van der Waals surface area contributed by atoms with Crippen molar-refractivity contribution >= 4 is 15.9 Å². The topological polar surface area (TPSA) is 79.0 Å². The lowest BCUT2D eigenvalue weighted by Crippen LogP contribution is -2.52. The molecule has 1 saturated carbocycles. The fourth-order valence-corrected chi connectivity index (χ4v) is 5.70. The summed E-state index contributed by atoms with van der Waals surface area (Å²) in [5.74, 6) is -0.227. The zero-order chi connectivity index (χ0) is 20.9. The van der Waals surface area contributed by atoms with E-state index in [0.717, 1.165) is 12.8 Å². The first-order chi connectivity index (χ1) is 13.8. The predicted molar refractivity (Wildman–Crippen MR) is 112 cm³/mol. The first-order valence-electron chi connectivity index (χ1n) is 10.5. The molecule has 0 spiro atoms. The summed E-state index contributed by atoms with van der Waals surface area (Å²) in [6.45, 7) is 2.03. The maximum absolute atomic E-state index is 12.9. The van der Waals surface area contributed by atoms with E-state index in [-0.39, 0.29) is 16.3 Å². The Labute approximate surface area is 174 Å². The van der Waals surface area contributed by atoms with Crippen molar-refractivity contribution < 1.29 is 17.9 Å². The maximum Gasteiger partial charge on any atom is 0.251 e. The molecule has 3 rings (SSSR count). The molecule has 0 unspecified atom stereocenters. The standard InChI is InChI=1S/C21H33N3O4S/c1-23(2)21(10-5-3-4-6-11-21)17-22-20(25)18-8-7-9-19(16-18)29(26,27)24-12-14-28-15-13-24/h7-9,16H,3-6,10-15,17H2,1-2H3,(H,22,25). The second kappa shape index (κ2) is 9.55. The lowest BCUT2D eigenvalue weighted by Gasteiger charge is -2.39. The van der Waals surface area contributed by atoms with Crippen molar-refractivity contribution in [2.45, 2.75) is 49.0 Å². The van der Waals surface area contributed by atoms with Crippen molar-refractivity contribution in [1.82, 2.24) is 14.5 Å². The van der Waals surface area contributed by atoms with Gasteiger partial charge in [-0.3, -0.25) is 4.79 Å². The molecule has 7 nitrogen and oxygen atoms in total. The number of carbonyl (C=O) groups excluding carboxylic acids is 1. The Morgan fingerprint density at radius 1 is 1.14 bits per heavy atom. The van der Waals surface area contributed by atoms with Crippen LogP contribution in [0.5, 0.6) is 0 Å². The Morgan fingerprint density at radius 3 is 2.41 bits per heavy atom. The van der Waals surface area contributed by atoms with Crippen LogP contribution in [0.15, 0.2) is 29.2 Å². The number of carbonyl (C=O) groups is 1. The molecular formula is C21H33N3O4S. The van der Waals surface area contributed by atoms with Gasteiger partial charge in [-0.25, -0.2) is 8.42 Å². The Kier molecular flexibility index (Phi) is 7.32. The van der Waals surface area contributed by atoms with Crippen LogP contribution in [0.1, 0.15) is 48.9 Å². The molecule has 1 aliphatic heterocycles. The number of nitrogens with one attached hydrogen (secondary N) is 1. The number of rotatable bonds is 6. The van der Waals surface area contributed by atoms with Gasteiger partial charge in [0, 0.05) is 30.7 Å². The van der Waals surface area contributed by atoms with Crippen molar-refractivity contribution in [3.8, 4) is 0 Å². The van der Waals surface area contributed by atoms with Gasteiger partial charge in [-0.15, -0.1) is 0 Å². The van der Waals surface area contributed by atoms with Crippen LogP contribution >= 0.6 is 0 Å². The van der Waals surface area contributed by atoms with E-state index in [0.29, 0.717) is 38.4 Å². The van der Waals surface area contributed by atoms with Gasteiger partial charge >= 0.3 is 0 Å². The number of benzene rings is 1. The molecule has 29 heavy (non-hydrogen) atoms. The summed E-state index contributed by atoms with van der Waals surface area (Å²) in [4.78, 5) is 15.2. The van der Waals surface area contributed by atoms with E-state index in [1.54, 1.807) is 18.2 Å². The molecule has 1 saturated heterocycles. The summed E-state index contributed by atoms with van der Waals surface area (Å²) in [5.41, 5.74) is 0.339. The zero-order valence-corrected chi connectivity index (χ0v) is 18.3. The number of nitrogens with zero attached hydrogens (tertiary/aromatic N) is 2. The van der Waals surface area contributed by atoms with Crippen LogP contribution in [0, 0.1) is 0 Å². The Bertz CT molecular complexity index is 796. The third-order valence-electron chi connectivity index (χ3n) is 6.27. The molecule has 0 bridgehead atoms. The minimum absolute atomic E-state index is 0.0380. The quantitative estimate of drug-likeness (QED) is 0.709. The average Bonchev–Trinajstić information content (AvgIpc) is 2.99. The molecule has 2 fully saturated rings. The molecule has 8 heteroatoms. The van der Waals surface area contributed by atoms with Crippen LogP contribution in [0.2, 0.25) is 0 Å². The summed E-state index contributed by atoms with van der Waals surface area (Å²) in [5, 5.41) is 3.07. The fraction of sp³-hybridized carbons (Fsp3) is 0.667. The van der Waals surface area contributed by atoms with Gasteiger partial charge in [0.2, 0.25) is 10.0 Å². The van der Waals surface area contributed by atoms with E-state index in [1.165, 1.54) is 36.1 Å². The van der Waals surface area contributed by atoms with Gasteiger partial charge < -0.3 is 15.0 Å². The monoisotopic (exact) mass is 423 g/mol. The molecule has 1 aromatic rings. The Balaban J connectivity index is 1.72. The average molecular weight is 424 g/mol. The Morgan fingerprint density at radius 2 is 1.79 bits per heavy atom. The zero-order valence-electron chi connectivity index (χ0n) is 17.5.